The Morgan fingerprint density at radius 1 is 1.14 bits per heavy atom. The van der Waals surface area contributed by atoms with Gasteiger partial charge in [-0.3, -0.25) is 0 Å². The maximum absolute atomic E-state index is 13.3. The molecule has 2 aliphatic rings. The van der Waals surface area contributed by atoms with Gasteiger partial charge < -0.3 is 30.9 Å². The summed E-state index contributed by atoms with van der Waals surface area (Å²) in [6, 6.07) is 5.11. The number of nitrogens with one attached hydrogen (secondary N) is 3. The second-order valence-electron chi connectivity index (χ2n) is 10.8. The minimum atomic E-state index is -4.46. The van der Waals surface area contributed by atoms with Crippen molar-refractivity contribution in [2.24, 2.45) is 5.92 Å². The number of rotatable bonds is 8. The maximum Gasteiger partial charge on any atom is 0.416 e. The lowest BCUT2D eigenvalue weighted by atomic mass is 9.86. The summed E-state index contributed by atoms with van der Waals surface area (Å²) in [5.41, 5.74) is -0.829. The highest BCUT2D eigenvalue weighted by Crippen LogP contribution is 2.35. The van der Waals surface area contributed by atoms with E-state index < -0.39 is 17.3 Å². The van der Waals surface area contributed by atoms with Gasteiger partial charge in [-0.1, -0.05) is 6.07 Å². The molecule has 0 spiro atoms. The smallest absolute Gasteiger partial charge is 0.390 e. The van der Waals surface area contributed by atoms with Gasteiger partial charge in [-0.05, 0) is 77.2 Å². The third-order valence-corrected chi connectivity index (χ3v) is 6.95. The highest BCUT2D eigenvalue weighted by Gasteiger charge is 2.31. The predicted molar refractivity (Wildman–Crippen MR) is 140 cm³/mol. The van der Waals surface area contributed by atoms with Crippen molar-refractivity contribution in [3.63, 3.8) is 0 Å². The Morgan fingerprint density at radius 2 is 1.86 bits per heavy atom. The molecule has 0 radical (unpaired) electrons. The number of likely N-dealkylation sites (N-methyl/N-ethyl adjacent to an activating group) is 1. The zero-order valence-corrected chi connectivity index (χ0v) is 21.6. The molecule has 1 unspecified atom stereocenters. The van der Waals surface area contributed by atoms with E-state index in [1.807, 2.05) is 20.9 Å². The molecule has 2 aliphatic heterocycles. The highest BCUT2D eigenvalue weighted by molar-refractivity contribution is 5.92. The number of aliphatic hydroxyl groups is 1. The molecule has 0 saturated carbocycles. The Kier molecular flexibility index (Phi) is 7.94. The van der Waals surface area contributed by atoms with Crippen LogP contribution in [0, 0.1) is 11.3 Å². The van der Waals surface area contributed by atoms with Gasteiger partial charge in [0.2, 0.25) is 5.95 Å². The normalized spacial score (nSPS) is 19.8. The number of hydrogen-bond acceptors (Lipinski definition) is 8. The summed E-state index contributed by atoms with van der Waals surface area (Å²) in [6.45, 7) is 6.83. The zero-order valence-electron chi connectivity index (χ0n) is 21.6. The van der Waals surface area contributed by atoms with Crippen LogP contribution in [0.25, 0.3) is 0 Å². The van der Waals surface area contributed by atoms with Crippen molar-refractivity contribution in [1.29, 1.82) is 5.41 Å². The van der Waals surface area contributed by atoms with E-state index in [1.165, 1.54) is 6.07 Å². The SMILES string of the molecule is CN1CCC(Nc2nc(Nc3cccc(C(F)(F)F)c3)c(C=N)c(N3CCC(CC(C)(C)O)CC3)n2)C1. The summed E-state index contributed by atoms with van der Waals surface area (Å²) in [6.07, 6.45) is 0.0809. The Morgan fingerprint density at radius 3 is 2.46 bits per heavy atom. The van der Waals surface area contributed by atoms with Gasteiger partial charge in [0.1, 0.15) is 11.6 Å². The molecule has 2 fully saturated rings. The van der Waals surface area contributed by atoms with Gasteiger partial charge >= 0.3 is 6.18 Å². The minimum absolute atomic E-state index is 0.155. The number of halogens is 3. The van der Waals surface area contributed by atoms with Gasteiger partial charge in [-0.25, -0.2) is 0 Å². The largest absolute Gasteiger partial charge is 0.416 e. The summed E-state index contributed by atoms with van der Waals surface area (Å²) in [4.78, 5) is 13.7. The quantitative estimate of drug-likeness (QED) is 0.374. The van der Waals surface area contributed by atoms with E-state index in [9.17, 15) is 18.3 Å². The molecule has 1 aromatic carbocycles. The molecule has 0 bridgehead atoms. The summed E-state index contributed by atoms with van der Waals surface area (Å²) in [5, 5.41) is 24.7. The first-order valence-electron chi connectivity index (χ1n) is 12.7. The molecule has 4 rings (SSSR count). The summed E-state index contributed by atoms with van der Waals surface area (Å²) in [5.74, 6) is 1.63. The van der Waals surface area contributed by atoms with Gasteiger partial charge in [0.25, 0.3) is 0 Å². The molecule has 1 aromatic heterocycles. The third kappa shape index (κ3) is 7.10. The second-order valence-corrected chi connectivity index (χ2v) is 10.8. The molecular weight excluding hydrogens is 483 g/mol. The van der Waals surface area contributed by atoms with Crippen LogP contribution in [0.3, 0.4) is 0 Å². The molecular formula is C26H36F3N7O. The number of benzene rings is 1. The summed E-state index contributed by atoms with van der Waals surface area (Å²) < 4.78 is 39.9. The van der Waals surface area contributed by atoms with Crippen molar-refractivity contribution in [2.45, 2.75) is 57.3 Å². The molecule has 3 heterocycles. The second kappa shape index (κ2) is 10.8. The lowest BCUT2D eigenvalue weighted by molar-refractivity contribution is -0.137. The number of nitrogens with zero attached hydrogens (tertiary/aromatic N) is 4. The Hall–Kier alpha value is -2.92. The first kappa shape index (κ1) is 27.1. The van der Waals surface area contributed by atoms with Crippen molar-refractivity contribution < 1.29 is 18.3 Å². The molecule has 2 aromatic rings. The van der Waals surface area contributed by atoms with Crippen LogP contribution in [0.5, 0.6) is 0 Å². The van der Waals surface area contributed by atoms with Gasteiger partial charge in [-0.15, -0.1) is 0 Å². The molecule has 0 aliphatic carbocycles. The first-order valence-corrected chi connectivity index (χ1v) is 12.7. The monoisotopic (exact) mass is 519 g/mol. The Bertz CT molecular complexity index is 1090. The van der Waals surface area contributed by atoms with Crippen LogP contribution in [0.4, 0.5) is 36.4 Å². The zero-order chi connectivity index (χ0) is 26.8. The minimum Gasteiger partial charge on any atom is -0.390 e. The standard InChI is InChI=1S/C26H36F3N7O/c1-25(2,37)14-17-7-11-36(12-8-17)23-21(15-30)22(31-19-6-4-5-18(13-19)26(27,28)29)33-24(34-23)32-20-9-10-35(3)16-20/h4-6,13,15,17,20,30,37H,7-12,14,16H2,1-3H3,(H2,31,32,33,34). The van der Waals surface area contributed by atoms with E-state index in [4.69, 9.17) is 10.4 Å². The van der Waals surface area contributed by atoms with Crippen LogP contribution in [-0.4, -0.2) is 71.1 Å². The molecule has 1 atom stereocenters. The van der Waals surface area contributed by atoms with Crippen LogP contribution in [0.2, 0.25) is 0 Å². The van der Waals surface area contributed by atoms with E-state index in [0.29, 0.717) is 42.8 Å². The van der Waals surface area contributed by atoms with E-state index in [2.05, 4.69) is 25.4 Å². The van der Waals surface area contributed by atoms with Crippen LogP contribution in [-0.2, 0) is 6.18 Å². The van der Waals surface area contributed by atoms with Crippen LogP contribution in [0.15, 0.2) is 24.3 Å². The molecule has 8 nitrogen and oxygen atoms in total. The lowest BCUT2D eigenvalue weighted by Gasteiger charge is -2.36. The molecule has 11 heteroatoms. The summed E-state index contributed by atoms with van der Waals surface area (Å²) in [7, 11) is 2.05. The van der Waals surface area contributed by atoms with Crippen molar-refractivity contribution in [2.75, 3.05) is 48.8 Å². The molecule has 202 valence electrons. The molecule has 2 saturated heterocycles. The fourth-order valence-corrected chi connectivity index (χ4v) is 5.19. The average molecular weight is 520 g/mol. The fourth-order valence-electron chi connectivity index (χ4n) is 5.19. The van der Waals surface area contributed by atoms with Crippen LogP contribution >= 0.6 is 0 Å². The fraction of sp³-hybridized carbons (Fsp3) is 0.577. The number of hydrogen-bond donors (Lipinski definition) is 4. The molecule has 37 heavy (non-hydrogen) atoms. The maximum atomic E-state index is 13.3. The van der Waals surface area contributed by atoms with E-state index in [-0.39, 0.29) is 17.5 Å². The molecule has 0 amide bonds. The van der Waals surface area contributed by atoms with Crippen molar-refractivity contribution in [3.8, 4) is 0 Å². The van der Waals surface area contributed by atoms with Gasteiger partial charge in [0.05, 0.1) is 16.7 Å². The topological polar surface area (TPSA) is 100 Å². The highest BCUT2D eigenvalue weighted by atomic mass is 19.4. The Labute approximate surface area is 215 Å². The van der Waals surface area contributed by atoms with E-state index in [1.54, 1.807) is 6.07 Å². The van der Waals surface area contributed by atoms with Crippen LogP contribution < -0.4 is 15.5 Å². The van der Waals surface area contributed by atoms with Gasteiger partial charge in [-0.2, -0.15) is 23.1 Å². The number of piperidine rings is 1. The number of aromatic nitrogens is 2. The Balaban J connectivity index is 1.64. The number of alkyl halides is 3. The van der Waals surface area contributed by atoms with Crippen LogP contribution in [0.1, 0.15) is 50.7 Å². The molecule has 4 N–H and O–H groups in total. The van der Waals surface area contributed by atoms with Gasteiger partial charge in [0.15, 0.2) is 0 Å². The predicted octanol–water partition coefficient (Wildman–Crippen LogP) is 4.73. The van der Waals surface area contributed by atoms with Crippen molar-refractivity contribution in [1.82, 2.24) is 14.9 Å². The van der Waals surface area contributed by atoms with E-state index >= 15 is 0 Å². The van der Waals surface area contributed by atoms with Gasteiger partial charge in [0, 0.05) is 37.6 Å². The average Bonchev–Trinajstić information content (AvgIpc) is 3.22. The summed E-state index contributed by atoms with van der Waals surface area (Å²) >= 11 is 0. The van der Waals surface area contributed by atoms with Crippen molar-refractivity contribution >= 4 is 29.5 Å². The number of likely N-dealkylation sites (tertiary alicyclic amines) is 1. The first-order chi connectivity index (χ1) is 17.4. The lowest BCUT2D eigenvalue weighted by Crippen LogP contribution is -2.37. The number of anilines is 4. The third-order valence-electron chi connectivity index (χ3n) is 6.95. The van der Waals surface area contributed by atoms with E-state index in [0.717, 1.165) is 50.7 Å². The van der Waals surface area contributed by atoms with Crippen molar-refractivity contribution in [3.05, 3.63) is 35.4 Å².